The van der Waals surface area contributed by atoms with Gasteiger partial charge >= 0.3 is 0 Å². The molecule has 4 heterocycles. The molecular weight excluding hydrogens is 398 g/mol. The quantitative estimate of drug-likeness (QED) is 0.610. The van der Waals surface area contributed by atoms with Gasteiger partial charge in [0.25, 0.3) is 0 Å². The summed E-state index contributed by atoms with van der Waals surface area (Å²) in [4.78, 5) is 25.5. The predicted octanol–water partition coefficient (Wildman–Crippen LogP) is 4.24. The molecule has 1 N–H and O–H groups in total. The van der Waals surface area contributed by atoms with Crippen LogP contribution in [0.3, 0.4) is 0 Å². The maximum Gasteiger partial charge on any atom is 0.226 e. The second kappa shape index (κ2) is 9.38. The van der Waals surface area contributed by atoms with Crippen LogP contribution in [0.5, 0.6) is 0 Å². The van der Waals surface area contributed by atoms with Crippen molar-refractivity contribution in [1.29, 1.82) is 0 Å². The van der Waals surface area contributed by atoms with Crippen molar-refractivity contribution in [2.24, 2.45) is 5.92 Å². The molecule has 1 aliphatic rings. The number of piperidine rings is 1. The zero-order valence-electron chi connectivity index (χ0n) is 17.4. The molecular formula is C22H27N5O2S. The lowest BCUT2D eigenvalue weighted by atomic mass is 9.96. The van der Waals surface area contributed by atoms with Gasteiger partial charge in [-0.2, -0.15) is 4.98 Å². The Bertz CT molecular complexity index is 972. The molecule has 30 heavy (non-hydrogen) atoms. The molecule has 0 saturated carbocycles. The minimum absolute atomic E-state index is 0.0703. The van der Waals surface area contributed by atoms with E-state index in [0.717, 1.165) is 37.2 Å². The molecule has 2 unspecified atom stereocenters. The van der Waals surface area contributed by atoms with Crippen LogP contribution in [0.25, 0.3) is 11.4 Å². The molecule has 7 nitrogen and oxygen atoms in total. The van der Waals surface area contributed by atoms with Gasteiger partial charge in [0.1, 0.15) is 5.82 Å². The van der Waals surface area contributed by atoms with Crippen molar-refractivity contribution in [2.45, 2.75) is 45.6 Å². The molecule has 2 atom stereocenters. The maximum absolute atomic E-state index is 13.0. The largest absolute Gasteiger partial charge is 0.355 e. The molecule has 1 amide bonds. The Morgan fingerprint density at radius 1 is 1.37 bits per heavy atom. The van der Waals surface area contributed by atoms with Crippen LogP contribution in [0, 0.1) is 5.92 Å². The molecule has 0 bridgehead atoms. The van der Waals surface area contributed by atoms with Gasteiger partial charge in [0.05, 0.1) is 17.5 Å². The van der Waals surface area contributed by atoms with Gasteiger partial charge in [-0.25, -0.2) is 4.98 Å². The molecule has 4 rings (SSSR count). The van der Waals surface area contributed by atoms with Crippen molar-refractivity contribution in [2.75, 3.05) is 18.0 Å². The lowest BCUT2D eigenvalue weighted by molar-refractivity contribution is -0.126. The number of amides is 1. The van der Waals surface area contributed by atoms with E-state index in [1.807, 2.05) is 25.1 Å². The highest BCUT2D eigenvalue weighted by molar-refractivity contribution is 7.10. The number of pyridine rings is 1. The third-order valence-electron chi connectivity index (χ3n) is 5.50. The number of carbonyl (C=O) groups excluding carboxylic acids is 1. The molecule has 0 aliphatic carbocycles. The predicted molar refractivity (Wildman–Crippen MR) is 117 cm³/mol. The first kappa shape index (κ1) is 20.5. The van der Waals surface area contributed by atoms with E-state index in [1.54, 1.807) is 17.5 Å². The SMILES string of the molecule is CCc1nc(-c2cccnc2N2CCCC(C(=O)NC(CC)c3cccs3)C2)no1. The average Bonchev–Trinajstić information content (AvgIpc) is 3.49. The fourth-order valence-corrected chi connectivity index (χ4v) is 4.73. The number of carbonyl (C=O) groups is 1. The molecule has 1 saturated heterocycles. The molecule has 0 aromatic carbocycles. The van der Waals surface area contributed by atoms with Gasteiger partial charge in [0.2, 0.25) is 17.6 Å². The monoisotopic (exact) mass is 425 g/mol. The van der Waals surface area contributed by atoms with Crippen molar-refractivity contribution in [3.63, 3.8) is 0 Å². The van der Waals surface area contributed by atoms with Gasteiger partial charge < -0.3 is 14.7 Å². The Labute approximate surface area is 180 Å². The summed E-state index contributed by atoms with van der Waals surface area (Å²) < 4.78 is 5.29. The highest BCUT2D eigenvalue weighted by Gasteiger charge is 2.29. The van der Waals surface area contributed by atoms with E-state index in [9.17, 15) is 4.79 Å². The van der Waals surface area contributed by atoms with Gasteiger partial charge in [-0.15, -0.1) is 11.3 Å². The van der Waals surface area contributed by atoms with E-state index in [-0.39, 0.29) is 17.9 Å². The third kappa shape index (κ3) is 4.38. The zero-order chi connectivity index (χ0) is 20.9. The summed E-state index contributed by atoms with van der Waals surface area (Å²) in [6.45, 7) is 5.58. The van der Waals surface area contributed by atoms with Crippen LogP contribution >= 0.6 is 11.3 Å². The molecule has 3 aromatic rings. The summed E-state index contributed by atoms with van der Waals surface area (Å²) in [5.74, 6) is 2.01. The Morgan fingerprint density at radius 2 is 2.27 bits per heavy atom. The maximum atomic E-state index is 13.0. The van der Waals surface area contributed by atoms with Crippen molar-refractivity contribution in [1.82, 2.24) is 20.4 Å². The first-order chi connectivity index (χ1) is 14.7. The first-order valence-corrected chi connectivity index (χ1v) is 11.4. The Kier molecular flexibility index (Phi) is 6.42. The van der Waals surface area contributed by atoms with Gasteiger partial charge in [-0.05, 0) is 42.8 Å². The van der Waals surface area contributed by atoms with Gasteiger partial charge in [-0.3, -0.25) is 4.79 Å². The van der Waals surface area contributed by atoms with Crippen molar-refractivity contribution >= 4 is 23.1 Å². The van der Waals surface area contributed by atoms with Crippen LogP contribution in [0.2, 0.25) is 0 Å². The molecule has 0 radical (unpaired) electrons. The van der Waals surface area contributed by atoms with E-state index in [2.05, 4.69) is 43.7 Å². The molecule has 1 fully saturated rings. The Balaban J connectivity index is 1.50. The van der Waals surface area contributed by atoms with E-state index in [1.165, 1.54) is 4.88 Å². The summed E-state index contributed by atoms with van der Waals surface area (Å²) in [6.07, 6.45) is 5.17. The number of hydrogen-bond acceptors (Lipinski definition) is 7. The van der Waals surface area contributed by atoms with E-state index in [0.29, 0.717) is 24.7 Å². The number of nitrogens with zero attached hydrogens (tertiary/aromatic N) is 4. The number of aromatic nitrogens is 3. The normalized spacial score (nSPS) is 17.7. The van der Waals surface area contributed by atoms with Crippen LogP contribution in [0.4, 0.5) is 5.82 Å². The first-order valence-electron chi connectivity index (χ1n) is 10.6. The summed E-state index contributed by atoms with van der Waals surface area (Å²) >= 11 is 1.69. The third-order valence-corrected chi connectivity index (χ3v) is 6.49. The second-order valence-corrected chi connectivity index (χ2v) is 8.49. The molecule has 3 aromatic heterocycles. The van der Waals surface area contributed by atoms with Crippen LogP contribution in [0.15, 0.2) is 40.4 Å². The summed E-state index contributed by atoms with van der Waals surface area (Å²) in [6, 6.07) is 8.02. The van der Waals surface area contributed by atoms with Crippen LogP contribution < -0.4 is 10.2 Å². The summed E-state index contributed by atoms with van der Waals surface area (Å²) in [5, 5.41) is 9.42. The number of thiophene rings is 1. The van der Waals surface area contributed by atoms with E-state index >= 15 is 0 Å². The lowest BCUT2D eigenvalue weighted by Gasteiger charge is -2.34. The van der Waals surface area contributed by atoms with E-state index < -0.39 is 0 Å². The number of anilines is 1. The minimum atomic E-state index is -0.0703. The fraction of sp³-hybridized carbons (Fsp3) is 0.455. The standard InChI is InChI=1S/C22H27N5O2S/c1-3-17(18-10-7-13-30-18)24-22(28)15-8-6-12-27(14-15)21-16(9-5-11-23-21)20-25-19(4-2)29-26-20/h5,7,9-11,13,15,17H,3-4,6,8,12,14H2,1-2H3,(H,24,28). The second-order valence-electron chi connectivity index (χ2n) is 7.51. The van der Waals surface area contributed by atoms with E-state index in [4.69, 9.17) is 4.52 Å². The molecule has 0 spiro atoms. The number of rotatable bonds is 7. The number of aryl methyl sites for hydroxylation is 1. The van der Waals surface area contributed by atoms with Gasteiger partial charge in [0, 0.05) is 30.6 Å². The molecule has 1 aliphatic heterocycles. The number of hydrogen-bond donors (Lipinski definition) is 1. The summed E-state index contributed by atoms with van der Waals surface area (Å²) in [5.41, 5.74) is 0.840. The van der Waals surface area contributed by atoms with Crippen molar-refractivity contribution < 1.29 is 9.32 Å². The lowest BCUT2D eigenvalue weighted by Crippen LogP contribution is -2.44. The Hall–Kier alpha value is -2.74. The highest BCUT2D eigenvalue weighted by Crippen LogP contribution is 2.31. The van der Waals surface area contributed by atoms with Crippen LogP contribution in [-0.2, 0) is 11.2 Å². The molecule has 8 heteroatoms. The topological polar surface area (TPSA) is 84.2 Å². The Morgan fingerprint density at radius 3 is 3.00 bits per heavy atom. The van der Waals surface area contributed by atoms with Crippen LogP contribution in [-0.4, -0.2) is 34.1 Å². The molecule has 158 valence electrons. The van der Waals surface area contributed by atoms with Crippen molar-refractivity contribution in [3.8, 4) is 11.4 Å². The zero-order valence-corrected chi connectivity index (χ0v) is 18.2. The highest BCUT2D eigenvalue weighted by atomic mass is 32.1. The van der Waals surface area contributed by atoms with Gasteiger partial charge in [0.15, 0.2) is 0 Å². The number of nitrogens with one attached hydrogen (secondary N) is 1. The smallest absolute Gasteiger partial charge is 0.226 e. The van der Waals surface area contributed by atoms with Crippen LogP contribution in [0.1, 0.15) is 49.9 Å². The van der Waals surface area contributed by atoms with Gasteiger partial charge in [-0.1, -0.05) is 25.1 Å². The average molecular weight is 426 g/mol. The minimum Gasteiger partial charge on any atom is -0.355 e. The fourth-order valence-electron chi connectivity index (χ4n) is 3.87. The summed E-state index contributed by atoms with van der Waals surface area (Å²) in [7, 11) is 0. The van der Waals surface area contributed by atoms with Crippen molar-refractivity contribution in [3.05, 3.63) is 46.6 Å².